The molecule has 0 aromatic carbocycles. The van der Waals surface area contributed by atoms with Crippen molar-refractivity contribution in [1.82, 2.24) is 15.6 Å². The summed E-state index contributed by atoms with van der Waals surface area (Å²) in [5, 5.41) is 8.83. The van der Waals surface area contributed by atoms with E-state index in [2.05, 4.69) is 52.0 Å². The average Bonchev–Trinajstić information content (AvgIpc) is 3.13. The molecule has 0 aliphatic heterocycles. The first-order valence-corrected chi connectivity index (χ1v) is 8.91. The van der Waals surface area contributed by atoms with E-state index in [0.717, 1.165) is 24.7 Å². The lowest BCUT2D eigenvalue weighted by Crippen LogP contribution is -2.39. The monoisotopic (exact) mass is 322 g/mol. The van der Waals surface area contributed by atoms with Crippen LogP contribution < -0.4 is 10.6 Å². The molecular formula is C15H22N4S2. The Morgan fingerprint density at radius 1 is 1.38 bits per heavy atom. The third-order valence-corrected chi connectivity index (χ3v) is 5.20. The van der Waals surface area contributed by atoms with Crippen LogP contribution in [0.1, 0.15) is 35.2 Å². The fourth-order valence-electron chi connectivity index (χ4n) is 1.89. The van der Waals surface area contributed by atoms with Crippen LogP contribution in [-0.4, -0.2) is 24.0 Å². The Kier molecular flexibility index (Phi) is 6.20. The molecular weight excluding hydrogens is 300 g/mol. The molecule has 2 N–H and O–H groups in total. The summed E-state index contributed by atoms with van der Waals surface area (Å²) >= 11 is 3.46. The van der Waals surface area contributed by atoms with Crippen LogP contribution in [0.2, 0.25) is 0 Å². The topological polar surface area (TPSA) is 49.3 Å². The summed E-state index contributed by atoms with van der Waals surface area (Å²) < 4.78 is 0. The molecule has 114 valence electrons. The molecule has 0 saturated heterocycles. The summed E-state index contributed by atoms with van der Waals surface area (Å²) in [6, 6.07) is 4.28. The molecule has 0 aliphatic rings. The van der Waals surface area contributed by atoms with E-state index in [-0.39, 0.29) is 0 Å². The molecule has 0 aliphatic carbocycles. The molecule has 21 heavy (non-hydrogen) atoms. The second kappa shape index (κ2) is 8.14. The number of guanidine groups is 1. The second-order valence-corrected chi connectivity index (χ2v) is 6.77. The quantitative estimate of drug-likeness (QED) is 0.633. The molecule has 2 aromatic heterocycles. The van der Waals surface area contributed by atoms with Crippen molar-refractivity contribution in [1.29, 1.82) is 0 Å². The van der Waals surface area contributed by atoms with Crippen LogP contribution in [0.4, 0.5) is 0 Å². The molecule has 0 spiro atoms. The molecule has 0 saturated carbocycles. The number of nitrogens with one attached hydrogen (secondary N) is 2. The molecule has 2 rings (SSSR count). The number of aromatic nitrogens is 1. The molecule has 0 amide bonds. The van der Waals surface area contributed by atoms with Gasteiger partial charge in [0.1, 0.15) is 0 Å². The minimum Gasteiger partial charge on any atom is -0.357 e. The number of thiazole rings is 1. The van der Waals surface area contributed by atoms with Gasteiger partial charge in [-0.15, -0.1) is 22.7 Å². The van der Waals surface area contributed by atoms with Crippen molar-refractivity contribution in [3.05, 3.63) is 38.5 Å². The lowest BCUT2D eigenvalue weighted by molar-refractivity contribution is 0.709. The van der Waals surface area contributed by atoms with Crippen LogP contribution in [0.25, 0.3) is 0 Å². The van der Waals surface area contributed by atoms with E-state index in [1.807, 2.05) is 12.4 Å². The maximum Gasteiger partial charge on any atom is 0.191 e. The van der Waals surface area contributed by atoms with Gasteiger partial charge in [-0.1, -0.05) is 13.0 Å². The summed E-state index contributed by atoms with van der Waals surface area (Å²) in [6.07, 6.45) is 0. The van der Waals surface area contributed by atoms with Crippen molar-refractivity contribution in [2.75, 3.05) is 13.1 Å². The zero-order valence-corrected chi connectivity index (χ0v) is 14.4. The van der Waals surface area contributed by atoms with Gasteiger partial charge in [-0.3, -0.25) is 0 Å². The summed E-state index contributed by atoms with van der Waals surface area (Å²) in [4.78, 5) is 11.5. The number of aryl methyl sites for hydroxylation is 1. The Hall–Kier alpha value is -1.40. The minimum absolute atomic E-state index is 0.485. The van der Waals surface area contributed by atoms with E-state index in [1.54, 1.807) is 22.7 Å². The van der Waals surface area contributed by atoms with Gasteiger partial charge in [-0.25, -0.2) is 9.98 Å². The van der Waals surface area contributed by atoms with Crippen molar-refractivity contribution >= 4 is 28.6 Å². The number of nitrogens with zero attached hydrogens (tertiary/aromatic N) is 2. The van der Waals surface area contributed by atoms with Crippen LogP contribution in [-0.2, 0) is 6.54 Å². The molecule has 2 aromatic rings. The average molecular weight is 323 g/mol. The predicted octanol–water partition coefficient (Wildman–Crippen LogP) is 3.37. The second-order valence-electron chi connectivity index (χ2n) is 4.85. The molecule has 0 radical (unpaired) electrons. The number of thiophene rings is 1. The highest BCUT2D eigenvalue weighted by Gasteiger charge is 2.08. The van der Waals surface area contributed by atoms with Crippen LogP contribution in [0, 0.1) is 6.92 Å². The minimum atomic E-state index is 0.485. The highest BCUT2D eigenvalue weighted by atomic mass is 32.1. The third kappa shape index (κ3) is 4.82. The summed E-state index contributed by atoms with van der Waals surface area (Å²) in [5.74, 6) is 1.35. The van der Waals surface area contributed by atoms with Crippen molar-refractivity contribution < 1.29 is 0 Å². The van der Waals surface area contributed by atoms with Crippen molar-refractivity contribution in [2.45, 2.75) is 33.2 Å². The Morgan fingerprint density at radius 3 is 2.86 bits per heavy atom. The molecule has 6 heteroatoms. The molecule has 0 bridgehead atoms. The molecule has 2 heterocycles. The van der Waals surface area contributed by atoms with Gasteiger partial charge in [-0.05, 0) is 25.3 Å². The normalized spacial score (nSPS) is 13.2. The zero-order chi connectivity index (χ0) is 15.1. The highest BCUT2D eigenvalue weighted by Crippen LogP contribution is 2.19. The van der Waals surface area contributed by atoms with E-state index >= 15 is 0 Å². The van der Waals surface area contributed by atoms with E-state index in [9.17, 15) is 0 Å². The van der Waals surface area contributed by atoms with Crippen LogP contribution in [0.3, 0.4) is 0 Å². The Balaban J connectivity index is 1.90. The first-order valence-electron chi connectivity index (χ1n) is 7.15. The Bertz CT molecular complexity index is 560. The summed E-state index contributed by atoms with van der Waals surface area (Å²) in [7, 11) is 0. The van der Waals surface area contributed by atoms with Crippen molar-refractivity contribution in [3.63, 3.8) is 0 Å². The standard InChI is InChI=1S/C15H22N4S2/c1-4-16-15(18-9-14-12(3)19-10-21-14)17-8-11(2)13-6-5-7-20-13/h5-7,10-11H,4,8-9H2,1-3H3,(H2,16,17,18). The van der Waals surface area contributed by atoms with E-state index < -0.39 is 0 Å². The predicted molar refractivity (Wildman–Crippen MR) is 92.4 cm³/mol. The third-order valence-electron chi connectivity index (χ3n) is 3.17. The van der Waals surface area contributed by atoms with E-state index in [0.29, 0.717) is 12.5 Å². The molecule has 0 fully saturated rings. The lowest BCUT2D eigenvalue weighted by Gasteiger charge is -2.14. The van der Waals surface area contributed by atoms with Crippen LogP contribution in [0.5, 0.6) is 0 Å². The lowest BCUT2D eigenvalue weighted by atomic mass is 10.1. The summed E-state index contributed by atoms with van der Waals surface area (Å²) in [6.45, 7) is 8.77. The van der Waals surface area contributed by atoms with E-state index in [4.69, 9.17) is 0 Å². The van der Waals surface area contributed by atoms with Gasteiger partial charge in [0.15, 0.2) is 5.96 Å². The van der Waals surface area contributed by atoms with Crippen molar-refractivity contribution in [3.8, 4) is 0 Å². The SMILES string of the molecule is CCNC(=NCc1scnc1C)NCC(C)c1cccs1. The fourth-order valence-corrected chi connectivity index (χ4v) is 3.38. The molecule has 1 atom stereocenters. The maximum atomic E-state index is 4.64. The number of aliphatic imine (C=N–C) groups is 1. The van der Waals surface area contributed by atoms with E-state index in [1.165, 1.54) is 9.75 Å². The zero-order valence-electron chi connectivity index (χ0n) is 12.7. The maximum absolute atomic E-state index is 4.64. The van der Waals surface area contributed by atoms with Crippen LogP contribution in [0.15, 0.2) is 28.0 Å². The first-order chi connectivity index (χ1) is 10.2. The highest BCUT2D eigenvalue weighted by molar-refractivity contribution is 7.10. The molecule has 1 unspecified atom stereocenters. The Morgan fingerprint density at radius 2 is 2.24 bits per heavy atom. The van der Waals surface area contributed by atoms with Gasteiger partial charge in [0, 0.05) is 28.8 Å². The van der Waals surface area contributed by atoms with Gasteiger partial charge < -0.3 is 10.6 Å². The van der Waals surface area contributed by atoms with Crippen molar-refractivity contribution in [2.24, 2.45) is 4.99 Å². The van der Waals surface area contributed by atoms with Gasteiger partial charge >= 0.3 is 0 Å². The summed E-state index contributed by atoms with van der Waals surface area (Å²) in [5.41, 5.74) is 2.95. The van der Waals surface area contributed by atoms with Gasteiger partial charge in [0.25, 0.3) is 0 Å². The molecule has 4 nitrogen and oxygen atoms in total. The van der Waals surface area contributed by atoms with Gasteiger partial charge in [0.05, 0.1) is 17.7 Å². The van der Waals surface area contributed by atoms with Gasteiger partial charge in [0.2, 0.25) is 0 Å². The first kappa shape index (κ1) is 16.0. The van der Waals surface area contributed by atoms with Gasteiger partial charge in [-0.2, -0.15) is 0 Å². The number of hydrogen-bond donors (Lipinski definition) is 2. The van der Waals surface area contributed by atoms with Crippen LogP contribution >= 0.6 is 22.7 Å². The smallest absolute Gasteiger partial charge is 0.191 e. The number of hydrogen-bond acceptors (Lipinski definition) is 4. The largest absolute Gasteiger partial charge is 0.357 e. The number of rotatable bonds is 6. The fraction of sp³-hybridized carbons (Fsp3) is 0.467. The Labute approximate surface area is 134 Å².